The third-order valence-corrected chi connectivity index (χ3v) is 8.43. The van der Waals surface area contributed by atoms with E-state index >= 15 is 0 Å². The van der Waals surface area contributed by atoms with Crippen LogP contribution in [0.2, 0.25) is 0 Å². The van der Waals surface area contributed by atoms with Gasteiger partial charge in [0.05, 0.1) is 10.9 Å². The van der Waals surface area contributed by atoms with Gasteiger partial charge in [0.1, 0.15) is 0 Å². The first kappa shape index (κ1) is 30.5. The van der Waals surface area contributed by atoms with E-state index in [1.807, 2.05) is 13.8 Å². The predicted molar refractivity (Wildman–Crippen MR) is 155 cm³/mol. The molecule has 0 radical (unpaired) electrons. The standard InChI is InChI=1S/C20H34N2S2.C6H13N.C2H6/c1-15(2)20(23)24-17(4)21-16(3)22(18-11-7-5-8-12-18)19-13-9-6-10-14-19;1-7-5-3-2-4-6-7;1-2/h18-19,21,23H,3-14H2,1-2H3;2-6H2,1H3;1-2H3. The normalized spacial score (nSPS) is 19.8. The van der Waals surface area contributed by atoms with Crippen LogP contribution >= 0.6 is 24.4 Å². The van der Waals surface area contributed by atoms with Crippen LogP contribution in [-0.4, -0.2) is 42.0 Å². The Hall–Kier alpha value is -0.520. The van der Waals surface area contributed by atoms with Crippen molar-refractivity contribution in [3.8, 4) is 0 Å². The maximum atomic E-state index is 4.54. The summed E-state index contributed by atoms with van der Waals surface area (Å²) in [5, 5.41) is 4.40. The van der Waals surface area contributed by atoms with Gasteiger partial charge in [0, 0.05) is 16.3 Å². The molecule has 2 saturated carbocycles. The van der Waals surface area contributed by atoms with Crippen LogP contribution in [0.1, 0.15) is 111 Å². The zero-order chi connectivity index (χ0) is 24.6. The molecule has 0 atom stereocenters. The zero-order valence-corrected chi connectivity index (χ0v) is 24.1. The number of rotatable bonds is 7. The van der Waals surface area contributed by atoms with E-state index < -0.39 is 0 Å². The molecular formula is C28H53N3S2. The quantitative estimate of drug-likeness (QED) is 0.345. The molecule has 33 heavy (non-hydrogen) atoms. The lowest BCUT2D eigenvalue weighted by atomic mass is 9.88. The van der Waals surface area contributed by atoms with Gasteiger partial charge < -0.3 is 15.1 Å². The Morgan fingerprint density at radius 1 is 0.818 bits per heavy atom. The molecule has 0 aromatic rings. The Balaban J connectivity index is 0.000000508. The number of likely N-dealkylation sites (tertiary alicyclic amines) is 1. The highest BCUT2D eigenvalue weighted by Gasteiger charge is 2.29. The fourth-order valence-corrected chi connectivity index (χ4v) is 5.92. The molecule has 3 fully saturated rings. The molecular weight excluding hydrogens is 442 g/mol. The number of allylic oxidation sites excluding steroid dienone is 1. The second-order valence-electron chi connectivity index (χ2n) is 9.76. The summed E-state index contributed by atoms with van der Waals surface area (Å²) >= 11 is 6.14. The molecule has 0 amide bonds. The molecule has 3 rings (SSSR count). The van der Waals surface area contributed by atoms with Gasteiger partial charge in [0.15, 0.2) is 0 Å². The molecule has 2 aliphatic carbocycles. The SMILES string of the molecule is C=C(NC(=C)N(C1CCCCC1)C1CCCCC1)SC(S)=C(C)C.CC.CN1CCCCC1. The first-order valence-electron chi connectivity index (χ1n) is 13.5. The largest absolute Gasteiger partial charge is 0.353 e. The Labute approximate surface area is 216 Å². The van der Waals surface area contributed by atoms with Gasteiger partial charge in [0.2, 0.25) is 0 Å². The Morgan fingerprint density at radius 3 is 1.61 bits per heavy atom. The number of nitrogens with one attached hydrogen (secondary N) is 1. The molecule has 3 nitrogen and oxygen atoms in total. The zero-order valence-electron chi connectivity index (χ0n) is 22.4. The van der Waals surface area contributed by atoms with Crippen molar-refractivity contribution in [2.75, 3.05) is 20.1 Å². The Morgan fingerprint density at radius 2 is 1.24 bits per heavy atom. The lowest BCUT2D eigenvalue weighted by Crippen LogP contribution is -2.47. The van der Waals surface area contributed by atoms with Gasteiger partial charge in [0.25, 0.3) is 0 Å². The van der Waals surface area contributed by atoms with Crippen LogP contribution in [-0.2, 0) is 0 Å². The van der Waals surface area contributed by atoms with E-state index in [0.717, 1.165) is 15.1 Å². The lowest BCUT2D eigenvalue weighted by Gasteiger charge is -2.44. The van der Waals surface area contributed by atoms with Crippen molar-refractivity contribution in [2.24, 2.45) is 0 Å². The van der Waals surface area contributed by atoms with E-state index in [2.05, 4.69) is 61.8 Å². The molecule has 1 aliphatic heterocycles. The molecule has 3 aliphatic rings. The van der Waals surface area contributed by atoms with Crippen molar-refractivity contribution >= 4 is 24.4 Å². The first-order chi connectivity index (χ1) is 15.9. The monoisotopic (exact) mass is 495 g/mol. The molecule has 5 heteroatoms. The minimum Gasteiger partial charge on any atom is -0.353 e. The van der Waals surface area contributed by atoms with Crippen molar-refractivity contribution in [3.05, 3.63) is 33.8 Å². The van der Waals surface area contributed by atoms with E-state index in [4.69, 9.17) is 0 Å². The molecule has 0 aromatic carbocycles. The lowest BCUT2D eigenvalue weighted by molar-refractivity contribution is 0.113. The molecule has 0 aromatic heterocycles. The second kappa shape index (κ2) is 17.8. The van der Waals surface area contributed by atoms with Gasteiger partial charge in [-0.3, -0.25) is 0 Å². The number of hydrogen-bond acceptors (Lipinski definition) is 5. The summed E-state index contributed by atoms with van der Waals surface area (Å²) in [4.78, 5) is 5.01. The highest BCUT2D eigenvalue weighted by atomic mass is 32.2. The second-order valence-corrected chi connectivity index (χ2v) is 11.6. The van der Waals surface area contributed by atoms with Gasteiger partial charge >= 0.3 is 0 Å². The molecule has 0 bridgehead atoms. The van der Waals surface area contributed by atoms with Gasteiger partial charge in [-0.15, -0.1) is 12.6 Å². The maximum Gasteiger partial charge on any atom is 0.0992 e. The molecule has 192 valence electrons. The van der Waals surface area contributed by atoms with Crippen molar-refractivity contribution in [1.29, 1.82) is 0 Å². The summed E-state index contributed by atoms with van der Waals surface area (Å²) in [5.41, 5.74) is 1.22. The highest BCUT2D eigenvalue weighted by molar-refractivity contribution is 8.17. The molecule has 1 heterocycles. The number of hydrogen-bond donors (Lipinski definition) is 2. The fraction of sp³-hybridized carbons (Fsp3) is 0.786. The average molecular weight is 496 g/mol. The van der Waals surface area contributed by atoms with E-state index in [9.17, 15) is 0 Å². The smallest absolute Gasteiger partial charge is 0.0992 e. The minimum absolute atomic E-state index is 0.651. The van der Waals surface area contributed by atoms with Gasteiger partial charge in [-0.25, -0.2) is 0 Å². The topological polar surface area (TPSA) is 18.5 Å². The summed E-state index contributed by atoms with van der Waals surface area (Å²) in [5.74, 6) is 1.04. The van der Waals surface area contributed by atoms with E-state index in [1.165, 1.54) is 102 Å². The van der Waals surface area contributed by atoms with Crippen LogP contribution in [0.15, 0.2) is 33.8 Å². The summed E-state index contributed by atoms with van der Waals surface area (Å²) in [6, 6.07) is 1.30. The molecule has 0 spiro atoms. The predicted octanol–water partition coefficient (Wildman–Crippen LogP) is 8.53. The first-order valence-corrected chi connectivity index (χ1v) is 14.8. The van der Waals surface area contributed by atoms with Gasteiger partial charge in [-0.2, -0.15) is 0 Å². The van der Waals surface area contributed by atoms with Gasteiger partial charge in [-0.05, 0) is 72.5 Å². The summed E-state index contributed by atoms with van der Waals surface area (Å²) in [6.45, 7) is 19.4. The number of thioether (sulfide) groups is 1. The van der Waals surface area contributed by atoms with Gasteiger partial charge in [-0.1, -0.05) is 89.3 Å². The van der Waals surface area contributed by atoms with Crippen molar-refractivity contribution in [1.82, 2.24) is 15.1 Å². The van der Waals surface area contributed by atoms with Crippen LogP contribution in [0.5, 0.6) is 0 Å². The van der Waals surface area contributed by atoms with Crippen LogP contribution in [0.3, 0.4) is 0 Å². The third kappa shape index (κ3) is 12.1. The summed E-state index contributed by atoms with van der Waals surface area (Å²) < 4.78 is 1.02. The van der Waals surface area contributed by atoms with E-state index in [0.29, 0.717) is 12.1 Å². The number of nitrogens with zero attached hydrogens (tertiary/aromatic N) is 2. The highest BCUT2D eigenvalue weighted by Crippen LogP contribution is 2.34. The van der Waals surface area contributed by atoms with Crippen LogP contribution in [0, 0.1) is 0 Å². The summed E-state index contributed by atoms with van der Waals surface area (Å²) in [7, 11) is 2.19. The third-order valence-electron chi connectivity index (χ3n) is 6.76. The molecule has 0 unspecified atom stereocenters. The van der Waals surface area contributed by atoms with E-state index in [1.54, 1.807) is 11.8 Å². The maximum absolute atomic E-state index is 4.54. The van der Waals surface area contributed by atoms with Crippen molar-refractivity contribution in [2.45, 2.75) is 123 Å². The van der Waals surface area contributed by atoms with Crippen LogP contribution in [0.25, 0.3) is 0 Å². The minimum atomic E-state index is 0.651. The summed E-state index contributed by atoms with van der Waals surface area (Å²) in [6.07, 6.45) is 17.7. The van der Waals surface area contributed by atoms with Crippen LogP contribution < -0.4 is 5.32 Å². The van der Waals surface area contributed by atoms with Crippen molar-refractivity contribution < 1.29 is 0 Å². The Bertz CT molecular complexity index is 562. The Kier molecular flexibility index (Phi) is 16.5. The molecule has 1 saturated heterocycles. The van der Waals surface area contributed by atoms with E-state index in [-0.39, 0.29) is 0 Å². The van der Waals surface area contributed by atoms with Crippen molar-refractivity contribution in [3.63, 3.8) is 0 Å². The molecule has 1 N–H and O–H groups in total. The average Bonchev–Trinajstić information content (AvgIpc) is 2.82. The number of piperidine rings is 1. The number of thiol groups is 1. The van der Waals surface area contributed by atoms with Crippen LogP contribution in [0.4, 0.5) is 0 Å². The fourth-order valence-electron chi connectivity index (χ4n) is 4.98.